The van der Waals surface area contributed by atoms with Crippen LogP contribution >= 0.6 is 0 Å². The second kappa shape index (κ2) is 20.4. The number of allylic oxidation sites excluding steroid dienone is 1. The fraction of sp³-hybridized carbons (Fsp3) is 0.440. The first-order chi connectivity index (χ1) is 31.3. The molecule has 0 bridgehead atoms. The Bertz CT molecular complexity index is 2340. The van der Waals surface area contributed by atoms with Crippen molar-refractivity contribution in [1.29, 1.82) is 0 Å². The van der Waals surface area contributed by atoms with Crippen molar-refractivity contribution < 1.29 is 43.7 Å². The van der Waals surface area contributed by atoms with Gasteiger partial charge in [0.2, 0.25) is 5.79 Å². The molecule has 6 atom stereocenters. The average molecular weight is 875 g/mol. The topological polar surface area (TPSA) is 165 Å². The maximum absolute atomic E-state index is 15.1. The Balaban J connectivity index is 1.32. The lowest BCUT2D eigenvalue weighted by Crippen LogP contribution is -2.70. The molecule has 0 spiro atoms. The quantitative estimate of drug-likeness (QED) is 0.0272. The van der Waals surface area contributed by atoms with Crippen LogP contribution in [0.4, 0.5) is 10.5 Å². The Morgan fingerprint density at radius 3 is 2.48 bits per heavy atom. The summed E-state index contributed by atoms with van der Waals surface area (Å²) in [7, 11) is 1.51. The zero-order valence-corrected chi connectivity index (χ0v) is 36.4. The number of ether oxygens (including phenoxy) is 4. The molecule has 1 amide bonds. The zero-order chi connectivity index (χ0) is 44.6. The van der Waals surface area contributed by atoms with Crippen LogP contribution in [0, 0.1) is 27.9 Å². The molecule has 1 saturated heterocycles. The van der Waals surface area contributed by atoms with Gasteiger partial charge in [-0.2, -0.15) is 0 Å². The van der Waals surface area contributed by atoms with Gasteiger partial charge in [0.05, 0.1) is 29.7 Å². The monoisotopic (exact) mass is 874 g/mol. The van der Waals surface area contributed by atoms with Crippen LogP contribution in [0.25, 0.3) is 10.8 Å². The maximum Gasteiger partial charge on any atom is 0.416 e. The van der Waals surface area contributed by atoms with E-state index in [1.54, 1.807) is 11.0 Å². The number of nitro groups is 1. The summed E-state index contributed by atoms with van der Waals surface area (Å²) < 4.78 is 27.1. The van der Waals surface area contributed by atoms with Gasteiger partial charge >= 0.3 is 6.09 Å². The minimum atomic E-state index is -1.53. The van der Waals surface area contributed by atoms with E-state index in [2.05, 4.69) is 23.6 Å². The summed E-state index contributed by atoms with van der Waals surface area (Å²) in [6.07, 6.45) is 7.93. The number of benzene rings is 4. The summed E-state index contributed by atoms with van der Waals surface area (Å²) in [6, 6.07) is 24.5. The number of rotatable bonds is 21. The molecule has 64 heavy (non-hydrogen) atoms. The van der Waals surface area contributed by atoms with E-state index in [4.69, 9.17) is 28.9 Å². The van der Waals surface area contributed by atoms with Gasteiger partial charge in [-0.3, -0.25) is 19.9 Å². The highest BCUT2D eigenvalue weighted by Crippen LogP contribution is 2.62. The molecule has 2 aliphatic carbocycles. The number of carbonyl (C=O) groups is 1. The first-order valence-corrected chi connectivity index (χ1v) is 22.4. The lowest BCUT2D eigenvalue weighted by Gasteiger charge is -2.59. The summed E-state index contributed by atoms with van der Waals surface area (Å²) in [5, 5.41) is 38.1. The molecule has 2 heterocycles. The summed E-state index contributed by atoms with van der Waals surface area (Å²) in [4.78, 5) is 35.8. The number of fused-ring (bicyclic) bond motifs is 3. The fourth-order valence-electron chi connectivity index (χ4n) is 10.1. The molecule has 0 unspecified atom stereocenters. The van der Waals surface area contributed by atoms with Gasteiger partial charge in [-0.25, -0.2) is 4.79 Å². The Morgan fingerprint density at radius 2 is 1.75 bits per heavy atom. The number of carbonyl (C=O) groups excluding carboxylic acids is 1. The molecule has 8 rings (SSSR count). The molecule has 4 aromatic rings. The first-order valence-electron chi connectivity index (χ1n) is 22.4. The number of unbranched alkanes of at least 4 members (excludes halogenated alkanes) is 2. The molecule has 1 saturated carbocycles. The molecule has 2 N–H and O–H groups in total. The third kappa shape index (κ3) is 9.51. The number of aliphatic hydroxyl groups excluding tert-OH is 2. The Morgan fingerprint density at radius 1 is 1.00 bits per heavy atom. The highest BCUT2D eigenvalue weighted by Gasteiger charge is 2.65. The van der Waals surface area contributed by atoms with Crippen LogP contribution in [0.3, 0.4) is 0 Å². The van der Waals surface area contributed by atoms with Crippen molar-refractivity contribution in [3.8, 4) is 17.2 Å². The van der Waals surface area contributed by atoms with Crippen LogP contribution in [-0.4, -0.2) is 102 Å². The van der Waals surface area contributed by atoms with E-state index >= 15 is 4.79 Å². The van der Waals surface area contributed by atoms with Crippen LogP contribution in [0.2, 0.25) is 0 Å². The summed E-state index contributed by atoms with van der Waals surface area (Å²) in [5.74, 6) is -0.737. The fourth-order valence-corrected chi connectivity index (χ4v) is 10.1. The summed E-state index contributed by atoms with van der Waals surface area (Å²) >= 11 is 0. The number of nitrogens with zero attached hydrogens (tertiary/aromatic N) is 4. The third-order valence-corrected chi connectivity index (χ3v) is 13.1. The SMILES string of the molecule is C=CCO[C@@]12Oc3ccc(OCCN4CC4)cc3[C@H]3[C@H](CCCCO)[C@@H](CCCCO)C=C(C(=NOC)C[C@@H]1N(Cc1cccc4ccccc14)C(=O)Oc1ccc([N+](=O)[O-])cc1)[C@H]32. The second-order valence-corrected chi connectivity index (χ2v) is 17.0. The standard InChI is InChI=1S/C50H58N4O10/c1-3-28-62-50-46(53(33-36-14-10-13-34-11-4-5-15-40(34)36)49(57)63-38-19-17-37(18-20-38)54(58)59)32-44(51-60-2)42-30-35(12-6-8-26-55)41(16-7-9-27-56)47(48(42)50)43-31-39(21-22-45(43)64-50)61-29-25-52-23-24-52/h3-5,10-11,13-15,17-22,30-31,35,41,46-48,55-56H,1,6-9,12,16,23-29,32-33H2,2H3/t35-,41+,46-,47+,48+,50+/m0/s1. The van der Waals surface area contributed by atoms with Crippen molar-refractivity contribution in [1.82, 2.24) is 9.80 Å². The van der Waals surface area contributed by atoms with Crippen molar-refractivity contribution in [3.63, 3.8) is 0 Å². The number of amides is 1. The third-order valence-electron chi connectivity index (χ3n) is 13.1. The van der Waals surface area contributed by atoms with Gasteiger partial charge in [0.1, 0.15) is 37.0 Å². The van der Waals surface area contributed by atoms with Gasteiger partial charge < -0.3 is 34.0 Å². The number of hydrogen-bond donors (Lipinski definition) is 2. The number of aliphatic hydroxyl groups is 2. The van der Waals surface area contributed by atoms with E-state index in [-0.39, 0.29) is 62.0 Å². The first kappa shape index (κ1) is 44.8. The lowest BCUT2D eigenvalue weighted by molar-refractivity contribution is -0.384. The number of hydrogen-bond acceptors (Lipinski definition) is 12. The Kier molecular flexibility index (Phi) is 14.2. The Labute approximate surface area is 373 Å². The smallest absolute Gasteiger partial charge is 0.416 e. The predicted octanol–water partition coefficient (Wildman–Crippen LogP) is 8.41. The molecule has 0 radical (unpaired) electrons. The summed E-state index contributed by atoms with van der Waals surface area (Å²) in [6.45, 7) is 7.91. The van der Waals surface area contributed by atoms with Crippen LogP contribution in [0.5, 0.6) is 17.2 Å². The van der Waals surface area contributed by atoms with E-state index in [1.165, 1.54) is 31.4 Å². The average Bonchev–Trinajstić information content (AvgIpc) is 4.14. The van der Waals surface area contributed by atoms with E-state index in [1.807, 2.05) is 54.6 Å². The van der Waals surface area contributed by atoms with Crippen LogP contribution in [0.1, 0.15) is 62.0 Å². The molecular formula is C50H58N4O10. The zero-order valence-electron chi connectivity index (χ0n) is 36.4. The minimum absolute atomic E-state index is 0.0299. The van der Waals surface area contributed by atoms with E-state index in [0.29, 0.717) is 30.9 Å². The van der Waals surface area contributed by atoms with Gasteiger partial charge in [-0.05, 0) is 89.8 Å². The molecular weight excluding hydrogens is 817 g/mol. The van der Waals surface area contributed by atoms with Gasteiger partial charge in [-0.1, -0.05) is 72.6 Å². The van der Waals surface area contributed by atoms with Crippen molar-refractivity contribution in [2.75, 3.05) is 53.2 Å². The van der Waals surface area contributed by atoms with Gasteiger partial charge in [-0.15, -0.1) is 6.58 Å². The molecule has 0 aromatic heterocycles. The molecule has 338 valence electrons. The number of oxime groups is 1. The van der Waals surface area contributed by atoms with Crippen molar-refractivity contribution >= 4 is 28.3 Å². The molecule has 4 aliphatic rings. The lowest BCUT2D eigenvalue weighted by atomic mass is 9.55. The van der Waals surface area contributed by atoms with Crippen LogP contribution in [0.15, 0.2) is 114 Å². The normalized spacial score (nSPS) is 23.9. The van der Waals surface area contributed by atoms with E-state index < -0.39 is 28.8 Å². The molecule has 2 fully saturated rings. The highest BCUT2D eigenvalue weighted by atomic mass is 16.7. The molecule has 4 aromatic carbocycles. The van der Waals surface area contributed by atoms with Crippen molar-refractivity contribution in [3.05, 3.63) is 130 Å². The molecule has 14 nitrogen and oxygen atoms in total. The van der Waals surface area contributed by atoms with Crippen LogP contribution in [-0.2, 0) is 16.1 Å². The van der Waals surface area contributed by atoms with Crippen LogP contribution < -0.4 is 14.2 Å². The number of nitro benzene ring substituents is 1. The van der Waals surface area contributed by atoms with Crippen molar-refractivity contribution in [2.24, 2.45) is 22.9 Å². The predicted molar refractivity (Wildman–Crippen MR) is 243 cm³/mol. The second-order valence-electron chi connectivity index (χ2n) is 17.0. The van der Waals surface area contributed by atoms with Gasteiger partial charge in [0.15, 0.2) is 0 Å². The molecule has 2 aliphatic heterocycles. The van der Waals surface area contributed by atoms with Crippen molar-refractivity contribution in [2.45, 2.75) is 69.2 Å². The summed E-state index contributed by atoms with van der Waals surface area (Å²) in [5.41, 5.74) is 3.24. The van der Waals surface area contributed by atoms with Gasteiger partial charge in [0.25, 0.3) is 5.69 Å². The Hall–Kier alpha value is -5.80. The number of non-ortho nitro benzene ring substituents is 1. The van der Waals surface area contributed by atoms with E-state index in [9.17, 15) is 20.3 Å². The largest absolute Gasteiger partial charge is 0.492 e. The van der Waals surface area contributed by atoms with Gasteiger partial charge in [0, 0.05) is 62.9 Å². The molecule has 14 heteroatoms. The van der Waals surface area contributed by atoms with E-state index in [0.717, 1.165) is 78.5 Å². The highest BCUT2D eigenvalue weighted by molar-refractivity contribution is 6.03. The maximum atomic E-state index is 15.1. The minimum Gasteiger partial charge on any atom is -0.492 e.